The van der Waals surface area contributed by atoms with Gasteiger partial charge in [0.1, 0.15) is 6.04 Å². The summed E-state index contributed by atoms with van der Waals surface area (Å²) >= 11 is 0. The first-order chi connectivity index (χ1) is 8.50. The molecule has 0 saturated carbocycles. The molecule has 6 heteroatoms. The lowest BCUT2D eigenvalue weighted by molar-refractivity contribution is -0.122. The first-order valence-corrected chi connectivity index (χ1v) is 5.74. The maximum Gasteiger partial charge on any atom is 0.241 e. The molecule has 0 aromatic carbocycles. The number of ether oxygens (including phenoxy) is 1. The second-order valence-electron chi connectivity index (χ2n) is 4.23. The van der Waals surface area contributed by atoms with E-state index < -0.39 is 6.04 Å². The Morgan fingerprint density at radius 1 is 1.72 bits per heavy atom. The van der Waals surface area contributed by atoms with Crippen molar-refractivity contribution in [2.45, 2.75) is 13.0 Å². The Hall–Kier alpha value is -1.66. The summed E-state index contributed by atoms with van der Waals surface area (Å²) in [4.78, 5) is 11.7. The standard InChI is InChI=1S/C12H20N4O2/c1-9(2)8-18-5-4-14-12(17)11(13)10-6-15-16(3)7-10/h6-7,11H,1,4-5,8,13H2,2-3H3,(H,14,17). The minimum absolute atomic E-state index is 0.234. The van der Waals surface area contributed by atoms with Crippen LogP contribution >= 0.6 is 0 Å². The SMILES string of the molecule is C=C(C)COCCNC(=O)C(N)c1cnn(C)c1. The van der Waals surface area contributed by atoms with E-state index in [-0.39, 0.29) is 5.91 Å². The molecule has 1 aromatic rings. The molecule has 0 aliphatic carbocycles. The van der Waals surface area contributed by atoms with Gasteiger partial charge in [-0.05, 0) is 6.92 Å². The van der Waals surface area contributed by atoms with Crippen LogP contribution in [0.15, 0.2) is 24.5 Å². The van der Waals surface area contributed by atoms with Crippen LogP contribution in [0, 0.1) is 0 Å². The van der Waals surface area contributed by atoms with Crippen LogP contribution in [0.1, 0.15) is 18.5 Å². The fourth-order valence-electron chi connectivity index (χ4n) is 1.35. The summed E-state index contributed by atoms with van der Waals surface area (Å²) < 4.78 is 6.87. The number of carbonyl (C=O) groups excluding carboxylic acids is 1. The molecule has 3 N–H and O–H groups in total. The third kappa shape index (κ3) is 4.68. The van der Waals surface area contributed by atoms with Crippen molar-refractivity contribution in [2.75, 3.05) is 19.8 Å². The van der Waals surface area contributed by atoms with Crippen molar-refractivity contribution in [1.82, 2.24) is 15.1 Å². The maximum atomic E-state index is 11.7. The molecule has 0 bridgehead atoms. The summed E-state index contributed by atoms with van der Waals surface area (Å²) in [6, 6.07) is -0.695. The summed E-state index contributed by atoms with van der Waals surface area (Å²) in [5, 5.41) is 6.68. The van der Waals surface area contributed by atoms with E-state index in [1.807, 2.05) is 6.92 Å². The van der Waals surface area contributed by atoms with Crippen molar-refractivity contribution < 1.29 is 9.53 Å². The summed E-state index contributed by atoms with van der Waals surface area (Å²) in [5.41, 5.74) is 7.44. The van der Waals surface area contributed by atoms with Gasteiger partial charge in [0.15, 0.2) is 0 Å². The van der Waals surface area contributed by atoms with Gasteiger partial charge in [0.2, 0.25) is 5.91 Å². The molecule has 0 fully saturated rings. The maximum absolute atomic E-state index is 11.7. The number of aryl methyl sites for hydroxylation is 1. The second kappa shape index (κ2) is 6.93. The van der Waals surface area contributed by atoms with Gasteiger partial charge in [0, 0.05) is 25.4 Å². The van der Waals surface area contributed by atoms with Gasteiger partial charge in [-0.1, -0.05) is 12.2 Å². The Bertz CT molecular complexity index is 414. The molecule has 0 radical (unpaired) electrons. The number of hydrogen-bond acceptors (Lipinski definition) is 4. The zero-order valence-electron chi connectivity index (χ0n) is 10.8. The highest BCUT2D eigenvalue weighted by Gasteiger charge is 2.16. The summed E-state index contributed by atoms with van der Waals surface area (Å²) in [6.07, 6.45) is 3.31. The minimum Gasteiger partial charge on any atom is -0.375 e. The van der Waals surface area contributed by atoms with E-state index in [2.05, 4.69) is 17.0 Å². The average Bonchev–Trinajstić information content (AvgIpc) is 2.73. The highest BCUT2D eigenvalue weighted by atomic mass is 16.5. The van der Waals surface area contributed by atoms with Crippen molar-refractivity contribution in [2.24, 2.45) is 12.8 Å². The van der Waals surface area contributed by atoms with Crippen molar-refractivity contribution in [3.63, 3.8) is 0 Å². The summed E-state index contributed by atoms with van der Waals surface area (Å²) in [7, 11) is 1.78. The largest absolute Gasteiger partial charge is 0.375 e. The highest BCUT2D eigenvalue weighted by molar-refractivity contribution is 5.82. The summed E-state index contributed by atoms with van der Waals surface area (Å²) in [6.45, 7) is 6.98. The predicted molar refractivity (Wildman–Crippen MR) is 68.8 cm³/mol. The van der Waals surface area contributed by atoms with Gasteiger partial charge in [-0.3, -0.25) is 9.48 Å². The number of rotatable bonds is 7. The van der Waals surface area contributed by atoms with Crippen LogP contribution in [0.2, 0.25) is 0 Å². The molecule has 1 rings (SSSR count). The fourth-order valence-corrected chi connectivity index (χ4v) is 1.35. The zero-order chi connectivity index (χ0) is 13.5. The van der Waals surface area contributed by atoms with Gasteiger partial charge >= 0.3 is 0 Å². The van der Waals surface area contributed by atoms with Gasteiger partial charge in [0.25, 0.3) is 0 Å². The molecule has 6 nitrogen and oxygen atoms in total. The number of nitrogens with one attached hydrogen (secondary N) is 1. The topological polar surface area (TPSA) is 82.2 Å². The third-order valence-electron chi connectivity index (χ3n) is 2.26. The molecule has 1 unspecified atom stereocenters. The van der Waals surface area contributed by atoms with Crippen LogP contribution in [0.3, 0.4) is 0 Å². The predicted octanol–water partition coefficient (Wildman–Crippen LogP) is 0.129. The van der Waals surface area contributed by atoms with E-state index in [0.717, 1.165) is 5.57 Å². The van der Waals surface area contributed by atoms with E-state index in [1.165, 1.54) is 0 Å². The molecule has 0 aliphatic heterocycles. The minimum atomic E-state index is -0.695. The molecule has 0 spiro atoms. The molecule has 1 atom stereocenters. The normalized spacial score (nSPS) is 12.2. The van der Waals surface area contributed by atoms with Crippen LogP contribution in [0.25, 0.3) is 0 Å². The van der Waals surface area contributed by atoms with E-state index in [4.69, 9.17) is 10.5 Å². The van der Waals surface area contributed by atoms with E-state index >= 15 is 0 Å². The number of nitrogens with two attached hydrogens (primary N) is 1. The third-order valence-corrected chi connectivity index (χ3v) is 2.26. The van der Waals surface area contributed by atoms with Gasteiger partial charge in [0.05, 0.1) is 19.4 Å². The lowest BCUT2D eigenvalue weighted by Gasteiger charge is -2.10. The van der Waals surface area contributed by atoms with Gasteiger partial charge in [-0.2, -0.15) is 5.10 Å². The number of hydrogen-bond donors (Lipinski definition) is 2. The first kappa shape index (κ1) is 14.4. The van der Waals surface area contributed by atoms with Crippen molar-refractivity contribution in [3.8, 4) is 0 Å². The molecule has 1 aromatic heterocycles. The fraction of sp³-hybridized carbons (Fsp3) is 0.500. The summed E-state index contributed by atoms with van der Waals surface area (Å²) in [5.74, 6) is -0.234. The Labute approximate surface area is 107 Å². The molecule has 0 saturated heterocycles. The second-order valence-corrected chi connectivity index (χ2v) is 4.23. The van der Waals surface area contributed by atoms with E-state index in [1.54, 1.807) is 24.1 Å². The molecule has 0 aliphatic rings. The molecule has 1 heterocycles. The van der Waals surface area contributed by atoms with E-state index in [0.29, 0.717) is 25.3 Å². The first-order valence-electron chi connectivity index (χ1n) is 5.74. The van der Waals surface area contributed by atoms with Crippen molar-refractivity contribution in [3.05, 3.63) is 30.1 Å². The average molecular weight is 252 g/mol. The monoisotopic (exact) mass is 252 g/mol. The number of aromatic nitrogens is 2. The molecule has 100 valence electrons. The zero-order valence-corrected chi connectivity index (χ0v) is 10.8. The number of amides is 1. The van der Waals surface area contributed by atoms with Crippen LogP contribution in [-0.2, 0) is 16.6 Å². The molecule has 18 heavy (non-hydrogen) atoms. The lowest BCUT2D eigenvalue weighted by atomic mass is 10.1. The molecule has 1 amide bonds. The van der Waals surface area contributed by atoms with Crippen LogP contribution in [0.5, 0.6) is 0 Å². The van der Waals surface area contributed by atoms with Crippen LogP contribution < -0.4 is 11.1 Å². The Kier molecular flexibility index (Phi) is 5.54. The number of carbonyl (C=O) groups is 1. The van der Waals surface area contributed by atoms with Crippen LogP contribution in [0.4, 0.5) is 0 Å². The molecular formula is C12H20N4O2. The van der Waals surface area contributed by atoms with Gasteiger partial charge < -0.3 is 15.8 Å². The van der Waals surface area contributed by atoms with Crippen LogP contribution in [-0.4, -0.2) is 35.4 Å². The molecular weight excluding hydrogens is 232 g/mol. The smallest absolute Gasteiger partial charge is 0.241 e. The van der Waals surface area contributed by atoms with E-state index in [9.17, 15) is 4.79 Å². The Morgan fingerprint density at radius 2 is 2.44 bits per heavy atom. The number of nitrogens with zero attached hydrogens (tertiary/aromatic N) is 2. The van der Waals surface area contributed by atoms with Crippen molar-refractivity contribution >= 4 is 5.91 Å². The highest BCUT2D eigenvalue weighted by Crippen LogP contribution is 2.07. The van der Waals surface area contributed by atoms with Gasteiger partial charge in [-0.15, -0.1) is 0 Å². The lowest BCUT2D eigenvalue weighted by Crippen LogP contribution is -2.35. The Balaban J connectivity index is 2.26. The Morgan fingerprint density at radius 3 is 3.00 bits per heavy atom. The van der Waals surface area contributed by atoms with Crippen molar-refractivity contribution in [1.29, 1.82) is 0 Å². The quantitative estimate of drug-likeness (QED) is 0.534. The van der Waals surface area contributed by atoms with Gasteiger partial charge in [-0.25, -0.2) is 0 Å².